The third kappa shape index (κ3) is 3.36. The summed E-state index contributed by atoms with van der Waals surface area (Å²) in [6, 6.07) is 13.2. The SMILES string of the molecule is CCc1cccc(NCc2cccc([N+](=O)[O-])c2Br)c1. The van der Waals surface area contributed by atoms with Crippen LogP contribution in [0.1, 0.15) is 18.1 Å². The minimum Gasteiger partial charge on any atom is -0.381 e. The van der Waals surface area contributed by atoms with Gasteiger partial charge in [0.1, 0.15) is 4.47 Å². The lowest BCUT2D eigenvalue weighted by Crippen LogP contribution is -2.02. The second-order valence-electron chi connectivity index (χ2n) is 4.41. The number of aryl methyl sites for hydroxylation is 1. The Morgan fingerprint density at radius 3 is 2.70 bits per heavy atom. The van der Waals surface area contributed by atoms with Crippen molar-refractivity contribution in [2.24, 2.45) is 0 Å². The van der Waals surface area contributed by atoms with Crippen LogP contribution in [0.5, 0.6) is 0 Å². The first-order valence-corrected chi connectivity index (χ1v) is 7.15. The maximum absolute atomic E-state index is 10.9. The monoisotopic (exact) mass is 334 g/mol. The van der Waals surface area contributed by atoms with Gasteiger partial charge < -0.3 is 5.32 Å². The van der Waals surface area contributed by atoms with Gasteiger partial charge in [0.05, 0.1) is 4.92 Å². The van der Waals surface area contributed by atoms with Crippen LogP contribution in [0, 0.1) is 10.1 Å². The summed E-state index contributed by atoms with van der Waals surface area (Å²) in [4.78, 5) is 10.5. The molecule has 5 heteroatoms. The van der Waals surface area contributed by atoms with Gasteiger partial charge in [-0.2, -0.15) is 0 Å². The van der Waals surface area contributed by atoms with Crippen molar-refractivity contribution in [1.29, 1.82) is 0 Å². The summed E-state index contributed by atoms with van der Waals surface area (Å²) in [5.41, 5.74) is 3.23. The zero-order valence-corrected chi connectivity index (χ0v) is 12.7. The quantitative estimate of drug-likeness (QED) is 0.645. The number of nitrogens with zero attached hydrogens (tertiary/aromatic N) is 1. The van der Waals surface area contributed by atoms with Gasteiger partial charge in [-0.25, -0.2) is 0 Å². The molecule has 104 valence electrons. The van der Waals surface area contributed by atoms with Crippen LogP contribution in [0.15, 0.2) is 46.9 Å². The van der Waals surface area contributed by atoms with E-state index in [0.29, 0.717) is 11.0 Å². The Labute approximate surface area is 126 Å². The van der Waals surface area contributed by atoms with Crippen molar-refractivity contribution in [1.82, 2.24) is 0 Å². The van der Waals surface area contributed by atoms with E-state index in [-0.39, 0.29) is 10.6 Å². The average molecular weight is 335 g/mol. The van der Waals surface area contributed by atoms with Gasteiger partial charge >= 0.3 is 0 Å². The molecule has 0 aliphatic heterocycles. The van der Waals surface area contributed by atoms with E-state index < -0.39 is 0 Å². The van der Waals surface area contributed by atoms with E-state index in [0.717, 1.165) is 17.7 Å². The number of hydrogen-bond acceptors (Lipinski definition) is 3. The minimum absolute atomic E-state index is 0.0895. The molecule has 0 bridgehead atoms. The first kappa shape index (κ1) is 14.5. The minimum atomic E-state index is -0.384. The molecule has 0 heterocycles. The summed E-state index contributed by atoms with van der Waals surface area (Å²) in [7, 11) is 0. The van der Waals surface area contributed by atoms with Gasteiger partial charge in [-0.3, -0.25) is 10.1 Å². The second kappa shape index (κ2) is 6.52. The summed E-state index contributed by atoms with van der Waals surface area (Å²) in [5.74, 6) is 0. The molecule has 4 nitrogen and oxygen atoms in total. The number of anilines is 1. The largest absolute Gasteiger partial charge is 0.381 e. The van der Waals surface area contributed by atoms with Crippen LogP contribution in [-0.2, 0) is 13.0 Å². The van der Waals surface area contributed by atoms with Crippen molar-refractivity contribution in [2.45, 2.75) is 19.9 Å². The Bertz CT molecular complexity index is 629. The fraction of sp³-hybridized carbons (Fsp3) is 0.200. The summed E-state index contributed by atoms with van der Waals surface area (Å²) >= 11 is 3.30. The van der Waals surface area contributed by atoms with Gasteiger partial charge in [-0.15, -0.1) is 0 Å². The number of nitro benzene ring substituents is 1. The van der Waals surface area contributed by atoms with E-state index in [9.17, 15) is 10.1 Å². The Hall–Kier alpha value is -1.88. The highest BCUT2D eigenvalue weighted by Gasteiger charge is 2.14. The highest BCUT2D eigenvalue weighted by molar-refractivity contribution is 9.10. The number of benzene rings is 2. The maximum Gasteiger partial charge on any atom is 0.283 e. The molecule has 0 saturated carbocycles. The third-order valence-electron chi connectivity index (χ3n) is 3.07. The molecule has 0 saturated heterocycles. The fourth-order valence-corrected chi connectivity index (χ4v) is 2.49. The molecule has 0 atom stereocenters. The van der Waals surface area contributed by atoms with Gasteiger partial charge in [-0.05, 0) is 45.6 Å². The molecule has 0 unspecified atom stereocenters. The Morgan fingerprint density at radius 2 is 2.00 bits per heavy atom. The maximum atomic E-state index is 10.9. The lowest BCUT2D eigenvalue weighted by Gasteiger charge is -2.09. The van der Waals surface area contributed by atoms with Crippen molar-refractivity contribution >= 4 is 27.3 Å². The van der Waals surface area contributed by atoms with Crippen LogP contribution >= 0.6 is 15.9 Å². The van der Waals surface area contributed by atoms with Crippen LogP contribution in [0.4, 0.5) is 11.4 Å². The molecule has 20 heavy (non-hydrogen) atoms. The average Bonchev–Trinajstić information content (AvgIpc) is 2.46. The zero-order valence-electron chi connectivity index (χ0n) is 11.1. The molecule has 0 radical (unpaired) electrons. The topological polar surface area (TPSA) is 55.2 Å². The summed E-state index contributed by atoms with van der Waals surface area (Å²) < 4.78 is 0.532. The van der Waals surface area contributed by atoms with Gasteiger partial charge in [0.2, 0.25) is 0 Å². The molecule has 2 rings (SSSR count). The normalized spacial score (nSPS) is 10.3. The van der Waals surface area contributed by atoms with Crippen LogP contribution < -0.4 is 5.32 Å². The molecule has 1 N–H and O–H groups in total. The molecular weight excluding hydrogens is 320 g/mol. The summed E-state index contributed by atoms with van der Waals surface area (Å²) in [6.45, 7) is 2.64. The number of rotatable bonds is 5. The highest BCUT2D eigenvalue weighted by atomic mass is 79.9. The molecular formula is C15H15BrN2O2. The van der Waals surface area contributed by atoms with Crippen molar-refractivity contribution in [3.63, 3.8) is 0 Å². The van der Waals surface area contributed by atoms with Crippen molar-refractivity contribution < 1.29 is 4.92 Å². The van der Waals surface area contributed by atoms with Gasteiger partial charge in [0.25, 0.3) is 5.69 Å². The molecule has 2 aromatic carbocycles. The number of halogens is 1. The molecule has 0 spiro atoms. The molecule has 0 aliphatic rings. The van der Waals surface area contributed by atoms with E-state index in [1.165, 1.54) is 11.6 Å². The number of nitrogens with one attached hydrogen (secondary N) is 1. The van der Waals surface area contributed by atoms with Crippen LogP contribution in [0.25, 0.3) is 0 Å². The highest BCUT2D eigenvalue weighted by Crippen LogP contribution is 2.28. The first-order valence-electron chi connectivity index (χ1n) is 6.36. The summed E-state index contributed by atoms with van der Waals surface area (Å²) in [6.07, 6.45) is 0.982. The lowest BCUT2D eigenvalue weighted by atomic mass is 10.1. The smallest absolute Gasteiger partial charge is 0.283 e. The third-order valence-corrected chi connectivity index (χ3v) is 3.99. The lowest BCUT2D eigenvalue weighted by molar-refractivity contribution is -0.385. The van der Waals surface area contributed by atoms with E-state index in [4.69, 9.17) is 0 Å². The second-order valence-corrected chi connectivity index (χ2v) is 5.21. The predicted octanol–water partition coefficient (Wildman–Crippen LogP) is 4.53. The molecule has 2 aromatic rings. The van der Waals surface area contributed by atoms with E-state index in [1.807, 2.05) is 18.2 Å². The first-order chi connectivity index (χ1) is 9.61. The van der Waals surface area contributed by atoms with E-state index >= 15 is 0 Å². The van der Waals surface area contributed by atoms with Crippen LogP contribution in [0.2, 0.25) is 0 Å². The molecule has 0 fully saturated rings. The zero-order chi connectivity index (χ0) is 14.5. The van der Waals surface area contributed by atoms with Gasteiger partial charge in [0, 0.05) is 18.3 Å². The Morgan fingerprint density at radius 1 is 1.25 bits per heavy atom. The van der Waals surface area contributed by atoms with Crippen LogP contribution in [0.3, 0.4) is 0 Å². The van der Waals surface area contributed by atoms with Crippen molar-refractivity contribution in [3.8, 4) is 0 Å². The van der Waals surface area contributed by atoms with E-state index in [1.54, 1.807) is 6.07 Å². The van der Waals surface area contributed by atoms with Gasteiger partial charge in [-0.1, -0.05) is 31.2 Å². The number of hydrogen-bond donors (Lipinski definition) is 1. The van der Waals surface area contributed by atoms with Gasteiger partial charge in [0.15, 0.2) is 0 Å². The fourth-order valence-electron chi connectivity index (χ4n) is 1.94. The van der Waals surface area contributed by atoms with E-state index in [2.05, 4.69) is 40.3 Å². The van der Waals surface area contributed by atoms with Crippen molar-refractivity contribution in [2.75, 3.05) is 5.32 Å². The number of nitro groups is 1. The molecule has 0 aromatic heterocycles. The Kier molecular flexibility index (Phi) is 4.74. The molecule has 0 aliphatic carbocycles. The predicted molar refractivity (Wildman–Crippen MR) is 83.9 cm³/mol. The van der Waals surface area contributed by atoms with Crippen molar-refractivity contribution in [3.05, 3.63) is 68.2 Å². The standard InChI is InChI=1S/C15H15BrN2O2/c1-2-11-5-3-7-13(9-11)17-10-12-6-4-8-14(15(12)16)18(19)20/h3-9,17H,2,10H2,1H3. The molecule has 0 amide bonds. The Balaban J connectivity index is 2.14. The van der Waals surface area contributed by atoms with Crippen LogP contribution in [-0.4, -0.2) is 4.92 Å². The summed E-state index contributed by atoms with van der Waals surface area (Å²) in [5, 5.41) is 14.2.